The Hall–Kier alpha value is -2.35. The molecule has 4 aliphatic rings. The van der Waals surface area contributed by atoms with Crippen LogP contribution >= 0.6 is 0 Å². The molecule has 1 N–H and O–H groups in total. The molecule has 48 heavy (non-hydrogen) atoms. The van der Waals surface area contributed by atoms with Crippen LogP contribution in [0.3, 0.4) is 0 Å². The Kier molecular flexibility index (Phi) is 12.6. The average molecular weight is 667 g/mol. The van der Waals surface area contributed by atoms with Gasteiger partial charge in [-0.3, -0.25) is 9.59 Å². The summed E-state index contributed by atoms with van der Waals surface area (Å²) < 4.78 is 18.3. The summed E-state index contributed by atoms with van der Waals surface area (Å²) in [7, 11) is 0. The van der Waals surface area contributed by atoms with Crippen molar-refractivity contribution >= 4 is 23.6 Å². The molecular weight excluding hydrogens is 604 g/mol. The Morgan fingerprint density at radius 2 is 1.25 bits per heavy atom. The number of carbonyl (C=O) groups excluding carboxylic acids is 3. The van der Waals surface area contributed by atoms with Gasteiger partial charge in [0.15, 0.2) is 11.6 Å². The highest BCUT2D eigenvalue weighted by molar-refractivity contribution is 5.90. The van der Waals surface area contributed by atoms with E-state index in [1.165, 1.54) is 6.08 Å². The van der Waals surface area contributed by atoms with Crippen molar-refractivity contribution in [2.45, 2.75) is 143 Å². The lowest BCUT2D eigenvalue weighted by Crippen LogP contribution is -2.46. The van der Waals surface area contributed by atoms with E-state index in [-0.39, 0.29) is 65.6 Å². The molecule has 5 rings (SSSR count). The molecule has 1 aromatic rings. The third-order valence-corrected chi connectivity index (χ3v) is 12.3. The van der Waals surface area contributed by atoms with E-state index in [9.17, 15) is 19.5 Å². The van der Waals surface area contributed by atoms with Gasteiger partial charge in [-0.25, -0.2) is 4.79 Å². The number of carbonyl (C=O) groups is 3. The molecule has 2 heterocycles. The van der Waals surface area contributed by atoms with Gasteiger partial charge in [0, 0.05) is 36.7 Å². The summed E-state index contributed by atoms with van der Waals surface area (Å²) in [6.07, 6.45) is 7.69. The minimum Gasteiger partial charge on any atom is -0.459 e. The normalized spacial score (nSPS) is 38.1. The molecule has 2 saturated carbocycles. The Labute approximate surface area is 289 Å². The zero-order chi connectivity index (χ0) is 35.6. The molecular formula is C41H62O7. The maximum Gasteiger partial charge on any atom is 0.331 e. The van der Waals surface area contributed by atoms with Crippen LogP contribution in [-0.2, 0) is 28.6 Å². The van der Waals surface area contributed by atoms with E-state index < -0.39 is 11.2 Å². The Bertz CT molecular complexity index is 1290. The number of aliphatic hydroxyl groups is 1. The third-order valence-electron chi connectivity index (χ3n) is 12.3. The number of hydrogen-bond donors (Lipinski definition) is 1. The fraction of sp³-hybridized carbons (Fsp3) is 0.732. The van der Waals surface area contributed by atoms with Crippen LogP contribution in [0.5, 0.6) is 0 Å². The van der Waals surface area contributed by atoms with E-state index >= 15 is 0 Å². The van der Waals surface area contributed by atoms with Crippen LogP contribution in [0.2, 0.25) is 0 Å². The first-order valence-corrected chi connectivity index (χ1v) is 18.5. The zero-order valence-corrected chi connectivity index (χ0v) is 31.1. The van der Waals surface area contributed by atoms with Gasteiger partial charge in [-0.15, -0.1) is 0 Å². The summed E-state index contributed by atoms with van der Waals surface area (Å²) in [4.78, 5) is 37.8. The van der Waals surface area contributed by atoms with Gasteiger partial charge in [0.2, 0.25) is 0 Å². The Morgan fingerprint density at radius 1 is 0.792 bits per heavy atom. The number of hydrogen-bond acceptors (Lipinski definition) is 7. The van der Waals surface area contributed by atoms with Crippen molar-refractivity contribution in [2.75, 3.05) is 0 Å². The van der Waals surface area contributed by atoms with Gasteiger partial charge in [-0.2, -0.15) is 0 Å². The number of benzene rings is 1. The molecule has 2 aliphatic heterocycles. The summed E-state index contributed by atoms with van der Waals surface area (Å²) in [5.74, 6) is 2.16. The minimum absolute atomic E-state index is 0.0179. The summed E-state index contributed by atoms with van der Waals surface area (Å²) in [5.41, 5.74) is -0.492. The lowest BCUT2D eigenvalue weighted by molar-refractivity contribution is -0.155. The number of Topliss-reactive ketones (excluding diaryl/α,β-unsaturated/α-hetero) is 2. The first-order valence-electron chi connectivity index (χ1n) is 18.5. The second kappa shape index (κ2) is 15.7. The fourth-order valence-corrected chi connectivity index (χ4v) is 9.31. The van der Waals surface area contributed by atoms with E-state index in [2.05, 4.69) is 41.5 Å². The molecule has 268 valence electrons. The summed E-state index contributed by atoms with van der Waals surface area (Å²) in [6.45, 7) is 20.5. The van der Waals surface area contributed by atoms with Crippen LogP contribution in [0.25, 0.3) is 6.08 Å². The summed E-state index contributed by atoms with van der Waals surface area (Å²) in [5, 5.41) is 10.1. The molecule has 0 aromatic heterocycles. The molecule has 1 aromatic carbocycles. The van der Waals surface area contributed by atoms with Gasteiger partial charge < -0.3 is 19.3 Å². The third kappa shape index (κ3) is 8.16. The Balaban J connectivity index is 0.000000237. The fourth-order valence-electron chi connectivity index (χ4n) is 9.31. The number of rotatable bonds is 9. The summed E-state index contributed by atoms with van der Waals surface area (Å²) in [6, 6.07) is 9.69. The highest BCUT2D eigenvalue weighted by atomic mass is 16.5. The van der Waals surface area contributed by atoms with Crippen LogP contribution in [0.1, 0.15) is 113 Å². The van der Waals surface area contributed by atoms with E-state index in [1.807, 2.05) is 58.0 Å². The highest BCUT2D eigenvalue weighted by Crippen LogP contribution is 2.51. The van der Waals surface area contributed by atoms with E-state index in [1.54, 1.807) is 6.08 Å². The van der Waals surface area contributed by atoms with Gasteiger partial charge in [0.1, 0.15) is 17.3 Å². The molecule has 7 heteroatoms. The lowest BCUT2D eigenvalue weighted by atomic mass is 9.75. The second-order valence-electron chi connectivity index (χ2n) is 16.4. The van der Waals surface area contributed by atoms with Gasteiger partial charge in [0.25, 0.3) is 0 Å². The number of ether oxygens (including phenoxy) is 3. The van der Waals surface area contributed by atoms with E-state index in [4.69, 9.17) is 14.2 Å². The monoisotopic (exact) mass is 666 g/mol. The highest BCUT2D eigenvalue weighted by Gasteiger charge is 2.57. The van der Waals surface area contributed by atoms with Gasteiger partial charge in [-0.1, -0.05) is 71.9 Å². The standard InChI is InChI=1S/C25H34O4.C16H28O3/c1-16(2)21-15-22(26)25(5,29-21)20-13-11-17(3)24(20)18(4)28-23(27)14-12-19-9-7-6-8-10-19;1-9(2)13-8-14(18)16(5,19-13)12-7-6-10(3)15(12)11(4)17/h6-10,12,14,16-18,20-21,24H,11,13,15H2,1-5H3;9-13,15,17H,6-8H2,1-5H3/b14-12+;. The van der Waals surface area contributed by atoms with Crippen molar-refractivity contribution in [3.63, 3.8) is 0 Å². The van der Waals surface area contributed by atoms with Crippen LogP contribution in [0.15, 0.2) is 36.4 Å². The van der Waals surface area contributed by atoms with Crippen molar-refractivity contribution in [3.8, 4) is 0 Å². The molecule has 2 aliphatic carbocycles. The maximum atomic E-state index is 12.9. The van der Waals surface area contributed by atoms with Crippen LogP contribution in [0.4, 0.5) is 0 Å². The molecule has 7 nitrogen and oxygen atoms in total. The van der Waals surface area contributed by atoms with Crippen molar-refractivity contribution in [1.82, 2.24) is 0 Å². The van der Waals surface area contributed by atoms with E-state index in [0.29, 0.717) is 36.5 Å². The number of ketones is 2. The van der Waals surface area contributed by atoms with E-state index in [0.717, 1.165) is 31.2 Å². The molecule has 12 unspecified atom stereocenters. The SMILES string of the molecule is CC(C)C1CC(=O)C(C)(C2CCC(C)C2C(C)O)O1.CC(C)C1CC(=O)C(C)(C2CCC(C)C2C(C)OC(=O)/C=C/c2ccccc2)O1. The smallest absolute Gasteiger partial charge is 0.331 e. The largest absolute Gasteiger partial charge is 0.459 e. The Morgan fingerprint density at radius 3 is 1.69 bits per heavy atom. The van der Waals surface area contributed by atoms with Crippen LogP contribution in [0, 0.1) is 47.3 Å². The summed E-state index contributed by atoms with van der Waals surface area (Å²) >= 11 is 0. The molecule has 2 saturated heterocycles. The quantitative estimate of drug-likeness (QED) is 0.212. The predicted octanol–water partition coefficient (Wildman–Crippen LogP) is 7.87. The predicted molar refractivity (Wildman–Crippen MR) is 189 cm³/mol. The van der Waals surface area contributed by atoms with Crippen molar-refractivity contribution in [3.05, 3.63) is 42.0 Å². The minimum atomic E-state index is -0.773. The van der Waals surface area contributed by atoms with Crippen LogP contribution < -0.4 is 0 Å². The van der Waals surface area contributed by atoms with Gasteiger partial charge >= 0.3 is 5.97 Å². The number of aliphatic hydroxyl groups excluding tert-OH is 1. The molecule has 4 fully saturated rings. The zero-order valence-electron chi connectivity index (χ0n) is 31.1. The molecule has 12 atom stereocenters. The van der Waals surface area contributed by atoms with Gasteiger partial charge in [-0.05, 0) is 94.6 Å². The molecule has 0 spiro atoms. The first kappa shape index (κ1) is 38.5. The van der Waals surface area contributed by atoms with Crippen molar-refractivity contribution < 1.29 is 33.7 Å². The maximum absolute atomic E-state index is 12.9. The van der Waals surface area contributed by atoms with Crippen molar-refractivity contribution in [2.24, 2.45) is 47.3 Å². The van der Waals surface area contributed by atoms with Crippen molar-refractivity contribution in [1.29, 1.82) is 0 Å². The molecule has 0 bridgehead atoms. The van der Waals surface area contributed by atoms with Gasteiger partial charge in [0.05, 0.1) is 18.3 Å². The second-order valence-corrected chi connectivity index (χ2v) is 16.4. The topological polar surface area (TPSA) is 99.1 Å². The first-order chi connectivity index (χ1) is 22.5. The molecule has 0 radical (unpaired) electrons. The number of esters is 1. The molecule has 0 amide bonds. The lowest BCUT2D eigenvalue weighted by Gasteiger charge is -2.38. The average Bonchev–Trinajstić information content (AvgIpc) is 3.77. The van der Waals surface area contributed by atoms with Crippen LogP contribution in [-0.4, -0.2) is 58.3 Å².